The molecule has 0 bridgehead atoms. The van der Waals surface area contributed by atoms with Crippen molar-refractivity contribution in [2.45, 2.75) is 25.3 Å². The molecule has 2 N–H and O–H groups in total. The van der Waals surface area contributed by atoms with Crippen molar-refractivity contribution in [2.75, 3.05) is 39.9 Å². The lowest BCUT2D eigenvalue weighted by molar-refractivity contribution is -0.143. The number of ether oxygens (including phenoxy) is 1. The van der Waals surface area contributed by atoms with Gasteiger partial charge in [-0.2, -0.15) is 0 Å². The van der Waals surface area contributed by atoms with Crippen LogP contribution in [-0.4, -0.2) is 67.6 Å². The normalized spacial score (nSPS) is 27.4. The summed E-state index contributed by atoms with van der Waals surface area (Å²) in [5.74, 6) is 0.0495. The molecule has 6 heteroatoms. The Morgan fingerprint density at radius 3 is 2.58 bits per heavy atom. The van der Waals surface area contributed by atoms with E-state index in [0.29, 0.717) is 26.3 Å². The first-order valence-corrected chi connectivity index (χ1v) is 6.94. The molecule has 1 heterocycles. The number of carbonyl (C=O) groups is 2. The Hall–Kier alpha value is -1.14. The quantitative estimate of drug-likeness (QED) is 0.744. The van der Waals surface area contributed by atoms with Gasteiger partial charge in [0.2, 0.25) is 11.8 Å². The molecule has 2 fully saturated rings. The molecule has 0 aromatic heterocycles. The van der Waals surface area contributed by atoms with Crippen LogP contribution in [0.3, 0.4) is 0 Å². The second-order valence-electron chi connectivity index (χ2n) is 5.46. The number of morpholine rings is 1. The van der Waals surface area contributed by atoms with Crippen LogP contribution in [0, 0.1) is 5.92 Å². The van der Waals surface area contributed by atoms with Crippen molar-refractivity contribution >= 4 is 11.8 Å². The molecule has 1 saturated carbocycles. The molecule has 2 atom stereocenters. The van der Waals surface area contributed by atoms with Crippen LogP contribution in [0.15, 0.2) is 0 Å². The van der Waals surface area contributed by atoms with Crippen molar-refractivity contribution < 1.29 is 14.3 Å². The van der Waals surface area contributed by atoms with Crippen LogP contribution in [0.25, 0.3) is 0 Å². The van der Waals surface area contributed by atoms with Crippen LogP contribution < -0.4 is 5.73 Å². The Morgan fingerprint density at radius 2 is 2.00 bits per heavy atom. The molecule has 0 radical (unpaired) electrons. The largest absolute Gasteiger partial charge is 0.378 e. The van der Waals surface area contributed by atoms with Gasteiger partial charge in [-0.25, -0.2) is 0 Å². The summed E-state index contributed by atoms with van der Waals surface area (Å²) >= 11 is 0. The molecule has 108 valence electrons. The predicted molar refractivity (Wildman–Crippen MR) is 70.4 cm³/mol. The molecule has 1 aliphatic carbocycles. The first-order chi connectivity index (χ1) is 9.08. The van der Waals surface area contributed by atoms with E-state index in [9.17, 15) is 9.59 Å². The molecule has 1 saturated heterocycles. The van der Waals surface area contributed by atoms with Gasteiger partial charge in [-0.15, -0.1) is 0 Å². The molecular weight excluding hydrogens is 246 g/mol. The molecule has 2 aliphatic rings. The Balaban J connectivity index is 1.80. The van der Waals surface area contributed by atoms with Gasteiger partial charge in [-0.1, -0.05) is 0 Å². The highest BCUT2D eigenvalue weighted by molar-refractivity contribution is 5.86. The number of amides is 2. The van der Waals surface area contributed by atoms with Crippen LogP contribution in [0.1, 0.15) is 19.3 Å². The summed E-state index contributed by atoms with van der Waals surface area (Å²) in [6.07, 6.45) is 2.49. The molecule has 19 heavy (non-hydrogen) atoms. The summed E-state index contributed by atoms with van der Waals surface area (Å²) < 4.78 is 5.21. The Labute approximate surface area is 113 Å². The fraction of sp³-hybridized carbons (Fsp3) is 0.846. The smallest absolute Gasteiger partial charge is 0.242 e. The molecule has 2 amide bonds. The highest BCUT2D eigenvalue weighted by Crippen LogP contribution is 2.25. The standard InChI is InChI=1S/C13H23N3O3/c1-15(13(18)10-2-3-11(14)8-10)9-12(17)16-4-6-19-7-5-16/h10-11H,2-9,14H2,1H3. The van der Waals surface area contributed by atoms with E-state index in [1.807, 2.05) is 0 Å². The van der Waals surface area contributed by atoms with E-state index in [1.165, 1.54) is 0 Å². The number of likely N-dealkylation sites (N-methyl/N-ethyl adjacent to an activating group) is 1. The second-order valence-corrected chi connectivity index (χ2v) is 5.46. The summed E-state index contributed by atoms with van der Waals surface area (Å²) in [7, 11) is 1.70. The highest BCUT2D eigenvalue weighted by Gasteiger charge is 2.31. The summed E-state index contributed by atoms with van der Waals surface area (Å²) in [6.45, 7) is 2.57. The Kier molecular flexibility index (Phi) is 4.76. The van der Waals surface area contributed by atoms with E-state index in [2.05, 4.69) is 0 Å². The number of carbonyl (C=O) groups excluding carboxylic acids is 2. The third-order valence-electron chi connectivity index (χ3n) is 3.93. The minimum atomic E-state index is -0.00232. The van der Waals surface area contributed by atoms with Crippen LogP contribution in [0.5, 0.6) is 0 Å². The average molecular weight is 269 g/mol. The van der Waals surface area contributed by atoms with Gasteiger partial charge in [0.05, 0.1) is 19.8 Å². The van der Waals surface area contributed by atoms with E-state index in [4.69, 9.17) is 10.5 Å². The zero-order valence-corrected chi connectivity index (χ0v) is 11.5. The lowest BCUT2D eigenvalue weighted by Gasteiger charge is -2.29. The van der Waals surface area contributed by atoms with E-state index >= 15 is 0 Å². The van der Waals surface area contributed by atoms with Crippen molar-refractivity contribution in [2.24, 2.45) is 11.7 Å². The van der Waals surface area contributed by atoms with Crippen molar-refractivity contribution in [1.82, 2.24) is 9.80 Å². The Morgan fingerprint density at radius 1 is 1.32 bits per heavy atom. The monoisotopic (exact) mass is 269 g/mol. The fourth-order valence-corrected chi connectivity index (χ4v) is 2.75. The average Bonchev–Trinajstić information content (AvgIpc) is 2.85. The maximum Gasteiger partial charge on any atom is 0.242 e. The third-order valence-corrected chi connectivity index (χ3v) is 3.93. The molecule has 1 aliphatic heterocycles. The number of nitrogens with zero attached hydrogens (tertiary/aromatic N) is 2. The Bertz CT molecular complexity index is 342. The molecule has 2 rings (SSSR count). The number of rotatable bonds is 3. The van der Waals surface area contributed by atoms with Gasteiger partial charge in [-0.3, -0.25) is 9.59 Å². The van der Waals surface area contributed by atoms with E-state index < -0.39 is 0 Å². The maximum atomic E-state index is 12.2. The third kappa shape index (κ3) is 3.67. The van der Waals surface area contributed by atoms with Crippen molar-refractivity contribution in [3.8, 4) is 0 Å². The zero-order chi connectivity index (χ0) is 13.8. The maximum absolute atomic E-state index is 12.2. The van der Waals surface area contributed by atoms with Gasteiger partial charge in [-0.05, 0) is 19.3 Å². The molecular formula is C13H23N3O3. The van der Waals surface area contributed by atoms with Gasteiger partial charge >= 0.3 is 0 Å². The first-order valence-electron chi connectivity index (χ1n) is 6.94. The molecule has 6 nitrogen and oxygen atoms in total. The second kappa shape index (κ2) is 6.34. The zero-order valence-electron chi connectivity index (χ0n) is 11.5. The van der Waals surface area contributed by atoms with E-state index in [-0.39, 0.29) is 30.3 Å². The summed E-state index contributed by atoms with van der Waals surface area (Å²) in [6, 6.07) is 0.136. The molecule has 2 unspecified atom stereocenters. The van der Waals surface area contributed by atoms with E-state index in [1.54, 1.807) is 16.8 Å². The van der Waals surface area contributed by atoms with Gasteiger partial charge in [0, 0.05) is 32.1 Å². The topological polar surface area (TPSA) is 75.9 Å². The van der Waals surface area contributed by atoms with Crippen molar-refractivity contribution in [1.29, 1.82) is 0 Å². The summed E-state index contributed by atoms with van der Waals surface area (Å²) in [5, 5.41) is 0. The first kappa shape index (κ1) is 14.3. The highest BCUT2D eigenvalue weighted by atomic mass is 16.5. The SMILES string of the molecule is CN(CC(=O)N1CCOCC1)C(=O)C1CCC(N)C1. The lowest BCUT2D eigenvalue weighted by Crippen LogP contribution is -2.47. The van der Waals surface area contributed by atoms with Crippen LogP contribution in [0.4, 0.5) is 0 Å². The number of hydrogen-bond donors (Lipinski definition) is 1. The molecule has 0 aromatic rings. The predicted octanol–water partition coefficient (Wildman–Crippen LogP) is -0.569. The van der Waals surface area contributed by atoms with Gasteiger partial charge in [0.15, 0.2) is 0 Å². The number of nitrogens with two attached hydrogens (primary N) is 1. The van der Waals surface area contributed by atoms with Gasteiger partial charge in [0.1, 0.15) is 0 Å². The summed E-state index contributed by atoms with van der Waals surface area (Å²) in [5.41, 5.74) is 5.82. The minimum Gasteiger partial charge on any atom is -0.378 e. The number of hydrogen-bond acceptors (Lipinski definition) is 4. The molecule has 0 spiro atoms. The van der Waals surface area contributed by atoms with E-state index in [0.717, 1.165) is 19.3 Å². The van der Waals surface area contributed by atoms with Crippen LogP contribution >= 0.6 is 0 Å². The van der Waals surface area contributed by atoms with Crippen LogP contribution in [-0.2, 0) is 14.3 Å². The minimum absolute atomic E-state index is 0.00134. The van der Waals surface area contributed by atoms with Gasteiger partial charge in [0.25, 0.3) is 0 Å². The fourth-order valence-electron chi connectivity index (χ4n) is 2.75. The lowest BCUT2D eigenvalue weighted by atomic mass is 10.1. The van der Waals surface area contributed by atoms with Gasteiger partial charge < -0.3 is 20.3 Å². The molecule has 0 aromatic carbocycles. The summed E-state index contributed by atoms with van der Waals surface area (Å²) in [4.78, 5) is 27.5. The van der Waals surface area contributed by atoms with Crippen molar-refractivity contribution in [3.05, 3.63) is 0 Å². The van der Waals surface area contributed by atoms with Crippen molar-refractivity contribution in [3.63, 3.8) is 0 Å². The van der Waals surface area contributed by atoms with Crippen LogP contribution in [0.2, 0.25) is 0 Å².